The fourth-order valence-corrected chi connectivity index (χ4v) is 3.33. The Labute approximate surface area is 175 Å². The van der Waals surface area contributed by atoms with Gasteiger partial charge in [0.1, 0.15) is 6.61 Å². The van der Waals surface area contributed by atoms with Gasteiger partial charge in [0.25, 0.3) is 0 Å². The van der Waals surface area contributed by atoms with Crippen LogP contribution in [0.4, 0.5) is 0 Å². The van der Waals surface area contributed by atoms with E-state index in [0.29, 0.717) is 13.2 Å². The van der Waals surface area contributed by atoms with Crippen molar-refractivity contribution in [3.8, 4) is 11.5 Å². The van der Waals surface area contributed by atoms with Gasteiger partial charge in [-0.2, -0.15) is 0 Å². The number of ether oxygens (including phenoxy) is 2. The predicted octanol–water partition coefficient (Wildman–Crippen LogP) is 5.42. The molecule has 0 unspecified atom stereocenters. The second-order valence-corrected chi connectivity index (χ2v) is 7.35. The first kappa shape index (κ1) is 20.4. The van der Waals surface area contributed by atoms with Gasteiger partial charge in [0.05, 0.1) is 6.61 Å². The Balaban J connectivity index is 1.69. The summed E-state index contributed by atoms with van der Waals surface area (Å²) >= 11 is 3.67. The third-order valence-electron chi connectivity index (χ3n) is 4.45. The number of halogens is 1. The van der Waals surface area contributed by atoms with Crippen molar-refractivity contribution in [2.75, 3.05) is 6.61 Å². The van der Waals surface area contributed by atoms with Crippen LogP contribution in [0.1, 0.15) is 29.2 Å². The molecule has 0 aliphatic heterocycles. The number of nitrogens with zero attached hydrogens (tertiary/aromatic N) is 1. The lowest BCUT2D eigenvalue weighted by Crippen LogP contribution is -2.13. The highest BCUT2D eigenvalue weighted by Gasteiger charge is 2.12. The molecule has 5 heteroatoms. The molecule has 0 aliphatic rings. The van der Waals surface area contributed by atoms with Gasteiger partial charge in [0.2, 0.25) is 0 Å². The van der Waals surface area contributed by atoms with Crippen molar-refractivity contribution in [1.82, 2.24) is 10.3 Å². The molecule has 0 bridgehead atoms. The maximum atomic E-state index is 6.08. The molecule has 1 heterocycles. The highest BCUT2D eigenvalue weighted by atomic mass is 79.9. The van der Waals surface area contributed by atoms with Crippen LogP contribution in [0, 0.1) is 6.92 Å². The molecule has 0 saturated heterocycles. The maximum absolute atomic E-state index is 6.08. The highest BCUT2D eigenvalue weighted by Crippen LogP contribution is 2.34. The van der Waals surface area contributed by atoms with Crippen molar-refractivity contribution in [3.05, 3.63) is 87.7 Å². The van der Waals surface area contributed by atoms with Gasteiger partial charge in [0.15, 0.2) is 11.5 Å². The second kappa shape index (κ2) is 10.2. The number of pyridine rings is 1. The molecule has 0 aliphatic carbocycles. The van der Waals surface area contributed by atoms with E-state index in [-0.39, 0.29) is 0 Å². The van der Waals surface area contributed by atoms with E-state index in [9.17, 15) is 0 Å². The molecule has 0 fully saturated rings. The summed E-state index contributed by atoms with van der Waals surface area (Å²) in [6.45, 7) is 6.68. The monoisotopic (exact) mass is 440 g/mol. The zero-order valence-electron chi connectivity index (χ0n) is 16.2. The summed E-state index contributed by atoms with van der Waals surface area (Å²) in [6.07, 6.45) is 3.61. The first-order valence-corrected chi connectivity index (χ1v) is 10.2. The molecule has 0 radical (unpaired) electrons. The highest BCUT2D eigenvalue weighted by molar-refractivity contribution is 9.10. The third kappa shape index (κ3) is 5.57. The molecular formula is C23H25BrN2O2. The van der Waals surface area contributed by atoms with Crippen LogP contribution in [0.2, 0.25) is 0 Å². The van der Waals surface area contributed by atoms with Gasteiger partial charge in [-0.1, -0.05) is 40.2 Å². The van der Waals surface area contributed by atoms with Gasteiger partial charge in [-0.15, -0.1) is 0 Å². The smallest absolute Gasteiger partial charge is 0.162 e. The number of hydrogen-bond acceptors (Lipinski definition) is 4. The normalized spacial score (nSPS) is 10.7. The van der Waals surface area contributed by atoms with Crippen molar-refractivity contribution in [3.63, 3.8) is 0 Å². The molecule has 0 amide bonds. The van der Waals surface area contributed by atoms with E-state index in [2.05, 4.69) is 45.3 Å². The number of nitrogens with one attached hydrogen (secondary N) is 1. The molecule has 0 atom stereocenters. The average Bonchev–Trinajstić information content (AvgIpc) is 2.71. The summed E-state index contributed by atoms with van der Waals surface area (Å²) in [5.74, 6) is 1.51. The van der Waals surface area contributed by atoms with Gasteiger partial charge in [-0.05, 0) is 60.4 Å². The first-order valence-electron chi connectivity index (χ1n) is 9.39. The van der Waals surface area contributed by atoms with E-state index in [0.717, 1.165) is 34.6 Å². The fourth-order valence-electron chi connectivity index (χ4n) is 2.86. The van der Waals surface area contributed by atoms with Crippen LogP contribution in [0.25, 0.3) is 0 Å². The lowest BCUT2D eigenvalue weighted by atomic mass is 10.1. The van der Waals surface area contributed by atoms with E-state index in [4.69, 9.17) is 9.47 Å². The van der Waals surface area contributed by atoms with E-state index < -0.39 is 0 Å². The summed E-state index contributed by atoms with van der Waals surface area (Å²) in [7, 11) is 0. The molecule has 2 aromatic carbocycles. The van der Waals surface area contributed by atoms with Gasteiger partial charge >= 0.3 is 0 Å². The minimum Gasteiger partial charge on any atom is -0.490 e. The third-order valence-corrected chi connectivity index (χ3v) is 5.19. The second-order valence-electron chi connectivity index (χ2n) is 6.50. The minimum absolute atomic E-state index is 0.513. The molecule has 1 N–H and O–H groups in total. The van der Waals surface area contributed by atoms with Crippen molar-refractivity contribution >= 4 is 15.9 Å². The zero-order chi connectivity index (χ0) is 19.8. The van der Waals surface area contributed by atoms with Crippen LogP contribution >= 0.6 is 15.9 Å². The van der Waals surface area contributed by atoms with Crippen LogP contribution in [0.5, 0.6) is 11.5 Å². The quantitative estimate of drug-likeness (QED) is 0.482. The Morgan fingerprint density at radius 2 is 1.68 bits per heavy atom. The van der Waals surface area contributed by atoms with Crippen molar-refractivity contribution < 1.29 is 9.47 Å². The zero-order valence-corrected chi connectivity index (χ0v) is 17.8. The molecule has 1 aromatic heterocycles. The molecular weight excluding hydrogens is 416 g/mol. The van der Waals surface area contributed by atoms with Crippen molar-refractivity contribution in [2.45, 2.75) is 33.5 Å². The molecule has 0 saturated carbocycles. The SMILES string of the molecule is CCOc1cc(CNCc2ccncc2)c(Br)cc1OCc1ccccc1C. The van der Waals surface area contributed by atoms with E-state index >= 15 is 0 Å². The summed E-state index contributed by atoms with van der Waals surface area (Å²) < 4.78 is 12.9. The maximum Gasteiger partial charge on any atom is 0.162 e. The van der Waals surface area contributed by atoms with Gasteiger partial charge in [-0.25, -0.2) is 0 Å². The number of hydrogen-bond donors (Lipinski definition) is 1. The Kier molecular flexibility index (Phi) is 7.46. The summed E-state index contributed by atoms with van der Waals surface area (Å²) in [4.78, 5) is 4.05. The Morgan fingerprint density at radius 3 is 2.43 bits per heavy atom. The molecule has 3 aromatic rings. The van der Waals surface area contributed by atoms with Crippen LogP contribution in [0.3, 0.4) is 0 Å². The van der Waals surface area contributed by atoms with E-state index in [1.54, 1.807) is 12.4 Å². The van der Waals surface area contributed by atoms with Gasteiger partial charge in [0, 0.05) is 30.0 Å². The molecule has 4 nitrogen and oxygen atoms in total. The molecule has 28 heavy (non-hydrogen) atoms. The molecule has 0 spiro atoms. The first-order chi connectivity index (χ1) is 13.7. The number of aromatic nitrogens is 1. The van der Waals surface area contributed by atoms with Gasteiger partial charge in [-0.3, -0.25) is 4.98 Å². The average molecular weight is 441 g/mol. The van der Waals surface area contributed by atoms with Crippen molar-refractivity contribution in [2.24, 2.45) is 0 Å². The Bertz CT molecular complexity index is 900. The Morgan fingerprint density at radius 1 is 0.929 bits per heavy atom. The topological polar surface area (TPSA) is 43.4 Å². The number of benzene rings is 2. The van der Waals surface area contributed by atoms with Gasteiger partial charge < -0.3 is 14.8 Å². The number of rotatable bonds is 9. The number of aryl methyl sites for hydroxylation is 1. The summed E-state index contributed by atoms with van der Waals surface area (Å²) in [6, 6.07) is 16.3. The van der Waals surface area contributed by atoms with Crippen LogP contribution in [0.15, 0.2) is 65.4 Å². The van der Waals surface area contributed by atoms with Crippen LogP contribution < -0.4 is 14.8 Å². The minimum atomic E-state index is 0.513. The van der Waals surface area contributed by atoms with E-state index in [1.807, 2.05) is 43.3 Å². The lowest BCUT2D eigenvalue weighted by molar-refractivity contribution is 0.268. The Hall–Kier alpha value is -2.37. The predicted molar refractivity (Wildman–Crippen MR) is 116 cm³/mol. The van der Waals surface area contributed by atoms with E-state index in [1.165, 1.54) is 16.7 Å². The summed E-state index contributed by atoms with van der Waals surface area (Å²) in [5, 5.41) is 3.46. The largest absolute Gasteiger partial charge is 0.490 e. The molecule has 146 valence electrons. The summed E-state index contributed by atoms with van der Waals surface area (Å²) in [5.41, 5.74) is 4.72. The fraction of sp³-hybridized carbons (Fsp3) is 0.261. The van der Waals surface area contributed by atoms with Crippen molar-refractivity contribution in [1.29, 1.82) is 0 Å². The lowest BCUT2D eigenvalue weighted by Gasteiger charge is -2.16. The molecule has 3 rings (SSSR count). The standard InChI is InChI=1S/C23H25BrN2O2/c1-3-27-22-12-20(15-26-14-18-8-10-25-11-9-18)21(24)13-23(22)28-16-19-7-5-4-6-17(19)2/h4-13,26H,3,14-16H2,1-2H3. The van der Waals surface area contributed by atoms with Crippen LogP contribution in [-0.4, -0.2) is 11.6 Å². The van der Waals surface area contributed by atoms with Crippen LogP contribution in [-0.2, 0) is 19.7 Å².